The SMILES string of the molecule is COC(=O)C1CCC(N(C)C(N)=O)CC1. The summed E-state index contributed by atoms with van der Waals surface area (Å²) >= 11 is 0. The molecule has 0 aliphatic heterocycles. The van der Waals surface area contributed by atoms with Gasteiger partial charge in [0.05, 0.1) is 13.0 Å². The van der Waals surface area contributed by atoms with Crippen LogP contribution in [0.1, 0.15) is 25.7 Å². The summed E-state index contributed by atoms with van der Waals surface area (Å²) in [5, 5.41) is 0. The molecule has 0 atom stereocenters. The highest BCUT2D eigenvalue weighted by atomic mass is 16.5. The summed E-state index contributed by atoms with van der Waals surface area (Å²) in [5.41, 5.74) is 5.18. The molecule has 15 heavy (non-hydrogen) atoms. The van der Waals surface area contributed by atoms with E-state index in [0.717, 1.165) is 25.7 Å². The van der Waals surface area contributed by atoms with E-state index in [4.69, 9.17) is 5.73 Å². The number of esters is 1. The lowest BCUT2D eigenvalue weighted by Crippen LogP contribution is -2.43. The van der Waals surface area contributed by atoms with Crippen LogP contribution in [0.25, 0.3) is 0 Å². The topological polar surface area (TPSA) is 72.6 Å². The van der Waals surface area contributed by atoms with Crippen molar-refractivity contribution in [3.05, 3.63) is 0 Å². The first kappa shape index (κ1) is 11.8. The fourth-order valence-electron chi connectivity index (χ4n) is 2.05. The third-order valence-corrected chi connectivity index (χ3v) is 3.13. The van der Waals surface area contributed by atoms with Crippen molar-refractivity contribution in [1.82, 2.24) is 4.90 Å². The van der Waals surface area contributed by atoms with Crippen LogP contribution < -0.4 is 5.73 Å². The molecule has 0 bridgehead atoms. The summed E-state index contributed by atoms with van der Waals surface area (Å²) in [4.78, 5) is 23.7. The van der Waals surface area contributed by atoms with Crippen molar-refractivity contribution in [2.45, 2.75) is 31.7 Å². The van der Waals surface area contributed by atoms with Crippen molar-refractivity contribution in [2.75, 3.05) is 14.2 Å². The van der Waals surface area contributed by atoms with Gasteiger partial charge in [0, 0.05) is 13.1 Å². The van der Waals surface area contributed by atoms with Gasteiger partial charge in [-0.2, -0.15) is 0 Å². The normalized spacial score (nSPS) is 25.7. The number of methoxy groups -OCH3 is 1. The molecule has 2 N–H and O–H groups in total. The average Bonchev–Trinajstić information content (AvgIpc) is 2.27. The van der Waals surface area contributed by atoms with E-state index in [9.17, 15) is 9.59 Å². The Kier molecular flexibility index (Phi) is 3.94. The van der Waals surface area contributed by atoms with Crippen LogP contribution in [-0.4, -0.2) is 37.1 Å². The molecule has 0 unspecified atom stereocenters. The molecule has 1 aliphatic carbocycles. The second-order valence-corrected chi connectivity index (χ2v) is 3.98. The third kappa shape index (κ3) is 2.84. The van der Waals surface area contributed by atoms with Gasteiger partial charge in [0.25, 0.3) is 0 Å². The van der Waals surface area contributed by atoms with Gasteiger partial charge in [0.15, 0.2) is 0 Å². The number of hydrogen-bond acceptors (Lipinski definition) is 3. The molecular formula is C10H18N2O3. The first-order chi connectivity index (χ1) is 7.06. The summed E-state index contributed by atoms with van der Waals surface area (Å²) < 4.78 is 4.69. The van der Waals surface area contributed by atoms with Crippen LogP contribution in [0.2, 0.25) is 0 Å². The molecule has 1 aliphatic rings. The van der Waals surface area contributed by atoms with Crippen LogP contribution in [0.4, 0.5) is 4.79 Å². The van der Waals surface area contributed by atoms with Gasteiger partial charge in [-0.1, -0.05) is 0 Å². The van der Waals surface area contributed by atoms with E-state index in [2.05, 4.69) is 4.74 Å². The summed E-state index contributed by atoms with van der Waals surface area (Å²) in [6, 6.07) is -0.236. The summed E-state index contributed by atoms with van der Waals surface area (Å²) in [6.45, 7) is 0. The highest BCUT2D eigenvalue weighted by molar-refractivity contribution is 5.73. The maximum Gasteiger partial charge on any atom is 0.314 e. The monoisotopic (exact) mass is 214 g/mol. The largest absolute Gasteiger partial charge is 0.469 e. The molecule has 0 heterocycles. The van der Waals surface area contributed by atoms with Crippen LogP contribution in [0.5, 0.6) is 0 Å². The van der Waals surface area contributed by atoms with Crippen LogP contribution in [0.3, 0.4) is 0 Å². The molecule has 2 amide bonds. The Morgan fingerprint density at radius 3 is 2.20 bits per heavy atom. The van der Waals surface area contributed by atoms with Crippen molar-refractivity contribution in [3.8, 4) is 0 Å². The Balaban J connectivity index is 2.42. The first-order valence-electron chi connectivity index (χ1n) is 5.16. The highest BCUT2D eigenvalue weighted by Gasteiger charge is 2.29. The van der Waals surface area contributed by atoms with Crippen LogP contribution in [0, 0.1) is 5.92 Å². The second-order valence-electron chi connectivity index (χ2n) is 3.98. The average molecular weight is 214 g/mol. The number of carbonyl (C=O) groups excluding carboxylic acids is 2. The van der Waals surface area contributed by atoms with Crippen LogP contribution in [0.15, 0.2) is 0 Å². The zero-order valence-corrected chi connectivity index (χ0v) is 9.23. The third-order valence-electron chi connectivity index (χ3n) is 3.13. The van der Waals surface area contributed by atoms with Crippen LogP contribution >= 0.6 is 0 Å². The molecule has 0 radical (unpaired) electrons. The van der Waals surface area contributed by atoms with Gasteiger partial charge >= 0.3 is 12.0 Å². The maximum absolute atomic E-state index is 11.2. The van der Waals surface area contributed by atoms with Gasteiger partial charge in [0.2, 0.25) is 0 Å². The smallest absolute Gasteiger partial charge is 0.314 e. The Morgan fingerprint density at radius 1 is 1.27 bits per heavy atom. The first-order valence-corrected chi connectivity index (χ1v) is 5.16. The molecular weight excluding hydrogens is 196 g/mol. The molecule has 5 nitrogen and oxygen atoms in total. The number of nitrogens with zero attached hydrogens (tertiary/aromatic N) is 1. The standard InChI is InChI=1S/C10H18N2O3/c1-12(10(11)14)8-5-3-7(4-6-8)9(13)15-2/h7-8H,3-6H2,1-2H3,(H2,11,14). The van der Waals surface area contributed by atoms with Crippen molar-refractivity contribution < 1.29 is 14.3 Å². The molecule has 1 saturated carbocycles. The fourth-order valence-corrected chi connectivity index (χ4v) is 2.05. The van der Waals surface area contributed by atoms with E-state index < -0.39 is 6.03 Å². The molecule has 0 saturated heterocycles. The van der Waals surface area contributed by atoms with Crippen LogP contribution in [-0.2, 0) is 9.53 Å². The molecule has 1 fully saturated rings. The number of hydrogen-bond donors (Lipinski definition) is 1. The quantitative estimate of drug-likeness (QED) is 0.689. The Hall–Kier alpha value is -1.26. The lowest BCUT2D eigenvalue weighted by molar-refractivity contribution is -0.146. The second kappa shape index (κ2) is 5.00. The lowest BCUT2D eigenvalue weighted by atomic mass is 9.85. The number of amides is 2. The van der Waals surface area contributed by atoms with E-state index in [0.29, 0.717) is 0 Å². The van der Waals surface area contributed by atoms with Crippen molar-refractivity contribution in [2.24, 2.45) is 11.7 Å². The number of primary amides is 1. The van der Waals surface area contributed by atoms with E-state index in [1.54, 1.807) is 11.9 Å². The predicted molar refractivity (Wildman–Crippen MR) is 55.1 cm³/mol. The molecule has 0 spiro atoms. The van der Waals surface area contributed by atoms with Gasteiger partial charge in [-0.25, -0.2) is 4.79 Å². The Labute approximate surface area is 89.6 Å². The molecule has 5 heteroatoms. The number of carbonyl (C=O) groups is 2. The maximum atomic E-state index is 11.2. The van der Waals surface area contributed by atoms with Gasteiger partial charge in [-0.05, 0) is 25.7 Å². The fraction of sp³-hybridized carbons (Fsp3) is 0.800. The zero-order valence-electron chi connectivity index (χ0n) is 9.23. The number of urea groups is 1. The summed E-state index contributed by atoms with van der Waals surface area (Å²) in [5.74, 6) is -0.150. The molecule has 0 aromatic heterocycles. The minimum Gasteiger partial charge on any atom is -0.469 e. The minimum atomic E-state index is -0.406. The molecule has 86 valence electrons. The summed E-state index contributed by atoms with van der Waals surface area (Å²) in [6.07, 6.45) is 3.18. The molecule has 1 rings (SSSR count). The highest BCUT2D eigenvalue weighted by Crippen LogP contribution is 2.27. The van der Waals surface area contributed by atoms with Gasteiger partial charge < -0.3 is 15.4 Å². The van der Waals surface area contributed by atoms with Crippen molar-refractivity contribution in [1.29, 1.82) is 0 Å². The van der Waals surface area contributed by atoms with Crippen molar-refractivity contribution in [3.63, 3.8) is 0 Å². The number of nitrogens with two attached hydrogens (primary N) is 1. The molecule has 0 aromatic carbocycles. The van der Waals surface area contributed by atoms with Gasteiger partial charge in [-0.3, -0.25) is 4.79 Å². The molecule has 0 aromatic rings. The van der Waals surface area contributed by atoms with Gasteiger partial charge in [-0.15, -0.1) is 0 Å². The number of rotatable bonds is 2. The zero-order chi connectivity index (χ0) is 11.4. The van der Waals surface area contributed by atoms with E-state index >= 15 is 0 Å². The minimum absolute atomic E-state index is 0.00692. The van der Waals surface area contributed by atoms with Crippen molar-refractivity contribution >= 4 is 12.0 Å². The lowest BCUT2D eigenvalue weighted by Gasteiger charge is -2.32. The van der Waals surface area contributed by atoms with Gasteiger partial charge in [0.1, 0.15) is 0 Å². The predicted octanol–water partition coefficient (Wildman–Crippen LogP) is 0.729. The Bertz CT molecular complexity index is 247. The Morgan fingerprint density at radius 2 is 1.80 bits per heavy atom. The van der Waals surface area contributed by atoms with E-state index in [1.807, 2.05) is 0 Å². The summed E-state index contributed by atoms with van der Waals surface area (Å²) in [7, 11) is 3.11. The number of ether oxygens (including phenoxy) is 1. The van der Waals surface area contributed by atoms with E-state index in [1.165, 1.54) is 7.11 Å². The van der Waals surface area contributed by atoms with E-state index in [-0.39, 0.29) is 17.9 Å².